The van der Waals surface area contributed by atoms with Crippen molar-refractivity contribution in [1.29, 1.82) is 0 Å². The van der Waals surface area contributed by atoms with E-state index in [2.05, 4.69) is 164 Å². The number of hydrogen-bond donors (Lipinski definition) is 0. The summed E-state index contributed by atoms with van der Waals surface area (Å²) in [6.45, 7) is 10.5. The number of rotatable bonds is 2. The van der Waals surface area contributed by atoms with Gasteiger partial charge in [-0.15, -0.1) is 11.3 Å². The van der Waals surface area contributed by atoms with Crippen LogP contribution in [0.5, 0.6) is 0 Å². The molecule has 2 aliphatic carbocycles. The summed E-state index contributed by atoms with van der Waals surface area (Å²) in [5.74, 6) is 0. The third kappa shape index (κ3) is 3.78. The molecule has 0 bridgehead atoms. The summed E-state index contributed by atoms with van der Waals surface area (Å²) in [6.07, 6.45) is 9.97. The number of fused-ring (bicyclic) bond motifs is 14. The van der Waals surface area contributed by atoms with E-state index < -0.39 is 0 Å². The Hall–Kier alpha value is -5.00. The number of hydrogen-bond acceptors (Lipinski definition) is 4. The van der Waals surface area contributed by atoms with E-state index in [-0.39, 0.29) is 28.6 Å². The van der Waals surface area contributed by atoms with Gasteiger partial charge >= 0.3 is 0 Å². The summed E-state index contributed by atoms with van der Waals surface area (Å²) in [6, 6.07) is 47.2. The number of nitrogens with zero attached hydrogens (tertiary/aromatic N) is 3. The molecule has 1 aromatic heterocycles. The van der Waals surface area contributed by atoms with E-state index in [1.807, 2.05) is 11.3 Å². The average molecular weight is 758 g/mol. The zero-order valence-electron chi connectivity index (χ0n) is 33.5. The minimum Gasteiger partial charge on any atom is -0.335 e. The zero-order valence-corrected chi connectivity index (χ0v) is 34.3. The molecular weight excluding hydrogens is 709 g/mol. The quantitative estimate of drug-likeness (QED) is 0.163. The van der Waals surface area contributed by atoms with Crippen LogP contribution < -0.4 is 31.1 Å². The fraction of sp³-hybridized carbons (Fsp3) is 0.308. The second kappa shape index (κ2) is 10.9. The van der Waals surface area contributed by atoms with Crippen LogP contribution in [-0.4, -0.2) is 17.8 Å². The van der Waals surface area contributed by atoms with Gasteiger partial charge in [0.05, 0.1) is 16.1 Å². The van der Waals surface area contributed by atoms with Crippen molar-refractivity contribution in [3.63, 3.8) is 0 Å². The first-order valence-electron chi connectivity index (χ1n) is 21.6. The van der Waals surface area contributed by atoms with Gasteiger partial charge in [0.1, 0.15) is 0 Å². The number of thiophene rings is 1. The summed E-state index contributed by atoms with van der Waals surface area (Å²) in [5, 5.41) is 5.43. The molecule has 7 aromatic rings. The van der Waals surface area contributed by atoms with Gasteiger partial charge in [-0.3, -0.25) is 0 Å². The summed E-state index contributed by atoms with van der Waals surface area (Å²) in [5.41, 5.74) is 15.9. The molecule has 0 spiro atoms. The van der Waals surface area contributed by atoms with Crippen LogP contribution in [0, 0.1) is 0 Å². The second-order valence-corrected chi connectivity index (χ2v) is 20.0. The Morgan fingerprint density at radius 1 is 0.526 bits per heavy atom. The first kappa shape index (κ1) is 33.0. The lowest BCUT2D eigenvalue weighted by Gasteiger charge is -2.53. The molecular formula is C52H48BN3S. The molecule has 0 amide bonds. The maximum atomic E-state index is 2.91. The third-order valence-corrected chi connectivity index (χ3v) is 18.0. The van der Waals surface area contributed by atoms with Crippen molar-refractivity contribution in [2.75, 3.05) is 14.7 Å². The molecule has 4 aliphatic heterocycles. The first-order chi connectivity index (χ1) is 27.8. The summed E-state index contributed by atoms with van der Waals surface area (Å²) in [7, 11) is 0. The molecule has 4 unspecified atom stereocenters. The Labute approximate surface area is 341 Å². The number of para-hydroxylation sites is 3. The van der Waals surface area contributed by atoms with Gasteiger partial charge < -0.3 is 14.7 Å². The van der Waals surface area contributed by atoms with Gasteiger partial charge in [-0.25, -0.2) is 0 Å². The van der Waals surface area contributed by atoms with Gasteiger partial charge in [-0.1, -0.05) is 131 Å². The molecule has 3 nitrogen and oxygen atoms in total. The van der Waals surface area contributed by atoms with Crippen molar-refractivity contribution in [2.45, 2.75) is 101 Å². The molecule has 5 heteroatoms. The van der Waals surface area contributed by atoms with Crippen LogP contribution in [0.1, 0.15) is 90.2 Å². The van der Waals surface area contributed by atoms with Gasteiger partial charge in [-0.05, 0) is 114 Å². The molecule has 280 valence electrons. The van der Waals surface area contributed by atoms with E-state index in [1.165, 1.54) is 133 Å². The lowest BCUT2D eigenvalue weighted by molar-refractivity contribution is 0.194. The van der Waals surface area contributed by atoms with Crippen molar-refractivity contribution in [3.8, 4) is 0 Å². The summed E-state index contributed by atoms with van der Waals surface area (Å²) < 4.78 is 1.40. The van der Waals surface area contributed by atoms with Crippen LogP contribution in [0.4, 0.5) is 39.1 Å². The van der Waals surface area contributed by atoms with Gasteiger partial charge in [0, 0.05) is 49.7 Å². The standard InChI is InChI=1S/C52H48BN3S/c1-49-27-12-14-29-51(49,3)55(41-24-11-10-21-38(41)49)35-31-42-45-43(32-35)56-46-39(50(2)28-13-15-30-52(50,56)4)22-16-23-40(46)53(45)44-37-26-25-33-17-8-9-20-36(33)47(37)57-48(44)54(42)34-18-6-5-7-19-34/h5-11,16-26,31-32H,12-15,27-30H2,1-4H3. The highest BCUT2D eigenvalue weighted by molar-refractivity contribution is 7.27. The molecule has 6 aromatic carbocycles. The highest BCUT2D eigenvalue weighted by Crippen LogP contribution is 2.65. The zero-order chi connectivity index (χ0) is 38.1. The van der Waals surface area contributed by atoms with Gasteiger partial charge in [0.25, 0.3) is 6.71 Å². The van der Waals surface area contributed by atoms with E-state index in [9.17, 15) is 0 Å². The van der Waals surface area contributed by atoms with E-state index in [0.717, 1.165) is 0 Å². The minimum absolute atomic E-state index is 0.0298. The van der Waals surface area contributed by atoms with Crippen LogP contribution in [0.15, 0.2) is 121 Å². The normalized spacial score (nSPS) is 27.6. The van der Waals surface area contributed by atoms with Crippen molar-refractivity contribution in [3.05, 3.63) is 132 Å². The Morgan fingerprint density at radius 2 is 1.19 bits per heavy atom. The van der Waals surface area contributed by atoms with Crippen LogP contribution >= 0.6 is 11.3 Å². The van der Waals surface area contributed by atoms with Crippen LogP contribution in [0.25, 0.3) is 20.9 Å². The molecule has 5 heterocycles. The number of anilines is 7. The third-order valence-electron chi connectivity index (χ3n) is 16.7. The highest BCUT2D eigenvalue weighted by atomic mass is 32.1. The van der Waals surface area contributed by atoms with Crippen molar-refractivity contribution in [1.82, 2.24) is 0 Å². The Balaban J connectivity index is 1.19. The molecule has 2 saturated carbocycles. The second-order valence-electron chi connectivity index (χ2n) is 19.0. The van der Waals surface area contributed by atoms with E-state index in [1.54, 1.807) is 5.56 Å². The Morgan fingerprint density at radius 3 is 2.02 bits per heavy atom. The largest absolute Gasteiger partial charge is 0.335 e. The molecule has 6 aliphatic rings. The maximum Gasteiger partial charge on any atom is 0.254 e. The fourth-order valence-corrected chi connectivity index (χ4v) is 15.0. The van der Waals surface area contributed by atoms with Gasteiger partial charge in [0.15, 0.2) is 0 Å². The summed E-state index contributed by atoms with van der Waals surface area (Å²) >= 11 is 2.00. The van der Waals surface area contributed by atoms with Crippen LogP contribution in [-0.2, 0) is 10.8 Å². The lowest BCUT2D eigenvalue weighted by Crippen LogP contribution is -2.64. The molecule has 13 rings (SSSR count). The van der Waals surface area contributed by atoms with Gasteiger partial charge in [-0.2, -0.15) is 0 Å². The fourth-order valence-electron chi connectivity index (χ4n) is 13.6. The van der Waals surface area contributed by atoms with Crippen molar-refractivity contribution < 1.29 is 0 Å². The van der Waals surface area contributed by atoms with Crippen molar-refractivity contribution in [2.24, 2.45) is 0 Å². The molecule has 4 atom stereocenters. The highest BCUT2D eigenvalue weighted by Gasteiger charge is 2.62. The van der Waals surface area contributed by atoms with Gasteiger partial charge in [0.2, 0.25) is 0 Å². The minimum atomic E-state index is -0.0325. The van der Waals surface area contributed by atoms with E-state index >= 15 is 0 Å². The monoisotopic (exact) mass is 757 g/mol. The van der Waals surface area contributed by atoms with E-state index in [0.29, 0.717) is 0 Å². The molecule has 57 heavy (non-hydrogen) atoms. The lowest BCUT2D eigenvalue weighted by atomic mass is 9.33. The van der Waals surface area contributed by atoms with E-state index in [4.69, 9.17) is 0 Å². The van der Waals surface area contributed by atoms with Crippen molar-refractivity contribution >= 4 is 94.4 Å². The topological polar surface area (TPSA) is 9.72 Å². The molecule has 0 saturated heterocycles. The predicted octanol–water partition coefficient (Wildman–Crippen LogP) is 12.2. The molecule has 0 N–H and O–H groups in total. The first-order valence-corrected chi connectivity index (χ1v) is 22.4. The van der Waals surface area contributed by atoms with Crippen LogP contribution in [0.3, 0.4) is 0 Å². The Bertz CT molecular complexity index is 2880. The Kier molecular flexibility index (Phi) is 6.33. The smallest absolute Gasteiger partial charge is 0.254 e. The number of benzene rings is 6. The summed E-state index contributed by atoms with van der Waals surface area (Å²) in [4.78, 5) is 8.41. The average Bonchev–Trinajstić information content (AvgIpc) is 3.80. The molecule has 0 radical (unpaired) electrons. The maximum absolute atomic E-state index is 2.91. The van der Waals surface area contributed by atoms with Crippen LogP contribution in [0.2, 0.25) is 0 Å². The molecule has 2 fully saturated rings. The SMILES string of the molecule is CC12CCCCC1(C)N(c1cc3c4c(c1)N1c5c(cccc5C5(C)CCCCC15C)B4c1c(sc4c1ccc1ccccc14)N3c1ccccc1)c1ccccc12. The predicted molar refractivity (Wildman–Crippen MR) is 244 cm³/mol.